The van der Waals surface area contributed by atoms with Crippen molar-refractivity contribution >= 4 is 21.6 Å². The molecule has 13 heavy (non-hydrogen) atoms. The number of pyridine rings is 1. The lowest BCUT2D eigenvalue weighted by molar-refractivity contribution is 0.819. The Balaban J connectivity index is 2.73. The first-order chi connectivity index (χ1) is 6.20. The first-order valence-electron chi connectivity index (χ1n) is 4.18. The Morgan fingerprint density at radius 2 is 2.15 bits per heavy atom. The molecular formula is C9H10BrN3. The molecule has 2 rings (SSSR count). The molecule has 0 spiro atoms. The quantitative estimate of drug-likeness (QED) is 0.717. The van der Waals surface area contributed by atoms with Crippen molar-refractivity contribution in [3.8, 4) is 0 Å². The third-order valence-electron chi connectivity index (χ3n) is 2.03. The number of rotatable bonds is 1. The number of hydrogen-bond acceptors (Lipinski definition) is 2. The molecule has 0 atom stereocenters. The maximum atomic E-state index is 4.12. The fraction of sp³-hybridized carbons (Fsp3) is 0.333. The van der Waals surface area contributed by atoms with Crippen LogP contribution in [-0.2, 0) is 0 Å². The van der Waals surface area contributed by atoms with Gasteiger partial charge in [0.1, 0.15) is 10.9 Å². The van der Waals surface area contributed by atoms with E-state index in [2.05, 4.69) is 45.9 Å². The van der Waals surface area contributed by atoms with Gasteiger partial charge in [0.15, 0.2) is 5.65 Å². The lowest BCUT2D eigenvalue weighted by Crippen LogP contribution is -1.97. The van der Waals surface area contributed by atoms with Gasteiger partial charge in [-0.3, -0.25) is 0 Å². The van der Waals surface area contributed by atoms with E-state index in [4.69, 9.17) is 0 Å². The minimum absolute atomic E-state index is 0.489. The van der Waals surface area contributed by atoms with Gasteiger partial charge < -0.3 is 0 Å². The average molecular weight is 240 g/mol. The van der Waals surface area contributed by atoms with Crippen molar-refractivity contribution in [2.45, 2.75) is 19.8 Å². The van der Waals surface area contributed by atoms with Crippen LogP contribution in [0.1, 0.15) is 25.3 Å². The molecule has 3 nitrogen and oxygen atoms in total. The summed E-state index contributed by atoms with van der Waals surface area (Å²) in [5, 5.41) is 4.12. The SMILES string of the molecule is CC(C)c1ccc2ncnn2c1Br. The molecule has 0 aromatic carbocycles. The fourth-order valence-electron chi connectivity index (χ4n) is 1.30. The Morgan fingerprint density at radius 3 is 2.85 bits per heavy atom. The van der Waals surface area contributed by atoms with E-state index in [0.29, 0.717) is 5.92 Å². The Labute approximate surface area is 84.9 Å². The summed E-state index contributed by atoms with van der Waals surface area (Å²) in [5.74, 6) is 0.489. The van der Waals surface area contributed by atoms with Crippen LogP contribution in [0.2, 0.25) is 0 Å². The monoisotopic (exact) mass is 239 g/mol. The van der Waals surface area contributed by atoms with E-state index in [9.17, 15) is 0 Å². The lowest BCUT2D eigenvalue weighted by Gasteiger charge is -2.08. The smallest absolute Gasteiger partial charge is 0.156 e. The van der Waals surface area contributed by atoms with Crippen LogP contribution >= 0.6 is 15.9 Å². The molecule has 2 heterocycles. The van der Waals surface area contributed by atoms with Crippen LogP contribution in [0, 0.1) is 0 Å². The topological polar surface area (TPSA) is 30.2 Å². The van der Waals surface area contributed by atoms with E-state index in [-0.39, 0.29) is 0 Å². The van der Waals surface area contributed by atoms with Gasteiger partial charge in [-0.05, 0) is 33.5 Å². The zero-order valence-electron chi connectivity index (χ0n) is 7.53. The number of hydrogen-bond donors (Lipinski definition) is 0. The summed E-state index contributed by atoms with van der Waals surface area (Å²) in [7, 11) is 0. The second kappa shape index (κ2) is 3.10. The maximum absolute atomic E-state index is 4.12. The summed E-state index contributed by atoms with van der Waals surface area (Å²) in [6.07, 6.45) is 1.56. The Kier molecular flexibility index (Phi) is 2.07. The molecule has 68 valence electrons. The molecule has 0 aliphatic carbocycles. The van der Waals surface area contributed by atoms with Crippen molar-refractivity contribution < 1.29 is 0 Å². The van der Waals surface area contributed by atoms with Gasteiger partial charge in [0.2, 0.25) is 0 Å². The van der Waals surface area contributed by atoms with Gasteiger partial charge in [-0.15, -0.1) is 0 Å². The molecule has 0 saturated heterocycles. The van der Waals surface area contributed by atoms with Crippen molar-refractivity contribution in [1.29, 1.82) is 0 Å². The van der Waals surface area contributed by atoms with Crippen LogP contribution in [0.15, 0.2) is 23.1 Å². The molecule has 0 aliphatic heterocycles. The molecule has 0 saturated carbocycles. The zero-order valence-corrected chi connectivity index (χ0v) is 9.12. The van der Waals surface area contributed by atoms with Crippen molar-refractivity contribution in [2.24, 2.45) is 0 Å². The molecular weight excluding hydrogens is 230 g/mol. The molecule has 0 radical (unpaired) electrons. The van der Waals surface area contributed by atoms with Gasteiger partial charge >= 0.3 is 0 Å². The highest BCUT2D eigenvalue weighted by atomic mass is 79.9. The molecule has 0 unspecified atom stereocenters. The molecule has 4 heteroatoms. The summed E-state index contributed by atoms with van der Waals surface area (Å²) in [5.41, 5.74) is 2.12. The Hall–Kier alpha value is -0.900. The summed E-state index contributed by atoms with van der Waals surface area (Å²) >= 11 is 3.52. The second-order valence-corrected chi connectivity index (χ2v) is 4.02. The highest BCUT2D eigenvalue weighted by Gasteiger charge is 2.08. The number of halogens is 1. The first kappa shape index (κ1) is 8.69. The summed E-state index contributed by atoms with van der Waals surface area (Å²) in [6.45, 7) is 4.31. The molecule has 2 aromatic heterocycles. The fourth-order valence-corrected chi connectivity index (χ4v) is 2.16. The van der Waals surface area contributed by atoms with Gasteiger partial charge in [-0.1, -0.05) is 19.9 Å². The van der Waals surface area contributed by atoms with Crippen LogP contribution in [0.25, 0.3) is 5.65 Å². The van der Waals surface area contributed by atoms with E-state index >= 15 is 0 Å². The first-order valence-corrected chi connectivity index (χ1v) is 4.97. The average Bonchev–Trinajstić information content (AvgIpc) is 2.52. The largest absolute Gasteiger partial charge is 0.215 e. The Morgan fingerprint density at radius 1 is 1.38 bits per heavy atom. The van der Waals surface area contributed by atoms with Gasteiger partial charge in [0, 0.05) is 0 Å². The van der Waals surface area contributed by atoms with Crippen LogP contribution < -0.4 is 0 Å². The Bertz CT molecular complexity index is 433. The van der Waals surface area contributed by atoms with Crippen molar-refractivity contribution in [3.63, 3.8) is 0 Å². The minimum atomic E-state index is 0.489. The molecule has 2 aromatic rings. The van der Waals surface area contributed by atoms with Crippen LogP contribution in [0.3, 0.4) is 0 Å². The predicted molar refractivity (Wildman–Crippen MR) is 54.8 cm³/mol. The standard InChI is InChI=1S/C9H10BrN3/c1-6(2)7-3-4-8-11-5-12-13(8)9(7)10/h3-6H,1-2H3. The third kappa shape index (κ3) is 1.35. The van der Waals surface area contributed by atoms with E-state index in [1.807, 2.05) is 6.07 Å². The van der Waals surface area contributed by atoms with Gasteiger partial charge in [0.25, 0.3) is 0 Å². The minimum Gasteiger partial charge on any atom is -0.215 e. The summed E-state index contributed by atoms with van der Waals surface area (Å²) in [6, 6.07) is 4.06. The van der Waals surface area contributed by atoms with Crippen molar-refractivity contribution in [3.05, 3.63) is 28.6 Å². The normalized spacial score (nSPS) is 11.4. The third-order valence-corrected chi connectivity index (χ3v) is 2.83. The highest BCUT2D eigenvalue weighted by molar-refractivity contribution is 9.10. The van der Waals surface area contributed by atoms with Gasteiger partial charge in [-0.25, -0.2) is 9.50 Å². The molecule has 0 aliphatic rings. The lowest BCUT2D eigenvalue weighted by atomic mass is 10.1. The van der Waals surface area contributed by atoms with Crippen LogP contribution in [-0.4, -0.2) is 14.6 Å². The van der Waals surface area contributed by atoms with Crippen LogP contribution in [0.4, 0.5) is 0 Å². The van der Waals surface area contributed by atoms with Gasteiger partial charge in [-0.2, -0.15) is 5.10 Å². The highest BCUT2D eigenvalue weighted by Crippen LogP contribution is 2.24. The van der Waals surface area contributed by atoms with Crippen molar-refractivity contribution in [1.82, 2.24) is 14.6 Å². The van der Waals surface area contributed by atoms with Crippen LogP contribution in [0.5, 0.6) is 0 Å². The van der Waals surface area contributed by atoms with Crippen molar-refractivity contribution in [2.75, 3.05) is 0 Å². The van der Waals surface area contributed by atoms with E-state index in [1.165, 1.54) is 5.56 Å². The zero-order chi connectivity index (χ0) is 9.42. The van der Waals surface area contributed by atoms with Gasteiger partial charge in [0.05, 0.1) is 0 Å². The number of fused-ring (bicyclic) bond motifs is 1. The molecule has 0 fully saturated rings. The second-order valence-electron chi connectivity index (χ2n) is 3.26. The van der Waals surface area contributed by atoms with E-state index in [0.717, 1.165) is 10.3 Å². The molecule has 0 amide bonds. The summed E-state index contributed by atoms with van der Waals surface area (Å²) < 4.78 is 2.80. The maximum Gasteiger partial charge on any atom is 0.156 e. The number of nitrogens with zero attached hydrogens (tertiary/aromatic N) is 3. The van der Waals surface area contributed by atoms with E-state index < -0.39 is 0 Å². The number of aromatic nitrogens is 3. The molecule has 0 bridgehead atoms. The molecule has 0 N–H and O–H groups in total. The summed E-state index contributed by atoms with van der Waals surface area (Å²) in [4.78, 5) is 4.10. The van der Waals surface area contributed by atoms with E-state index in [1.54, 1.807) is 10.8 Å². The predicted octanol–water partition coefficient (Wildman–Crippen LogP) is 2.62.